The smallest absolute Gasteiger partial charge is 0.194 e. The number of benzene rings is 2. The van der Waals surface area contributed by atoms with Crippen LogP contribution in [0.15, 0.2) is 41.1 Å². The molecule has 0 bridgehead atoms. The molecule has 4 heteroatoms. The molecule has 1 heterocycles. The quantitative estimate of drug-likeness (QED) is 0.587. The van der Waals surface area contributed by atoms with Gasteiger partial charge in [-0.1, -0.05) is 24.3 Å². The van der Waals surface area contributed by atoms with Crippen LogP contribution in [0.3, 0.4) is 0 Å². The molecule has 1 aliphatic heterocycles. The van der Waals surface area contributed by atoms with E-state index in [4.69, 9.17) is 4.52 Å². The van der Waals surface area contributed by atoms with Crippen LogP contribution < -0.4 is 9.83 Å². The van der Waals surface area contributed by atoms with Gasteiger partial charge in [-0.3, -0.25) is 9.54 Å². The molecule has 0 saturated heterocycles. The van der Waals surface area contributed by atoms with Crippen LogP contribution in [0.5, 0.6) is 5.75 Å². The molecule has 0 radical (unpaired) electrons. The zero-order valence-electron chi connectivity index (χ0n) is 10.7. The molecule has 4 rings (SSSR count). The van der Waals surface area contributed by atoms with Gasteiger partial charge in [0.15, 0.2) is 13.1 Å². The monoisotopic (exact) mass is 269 g/mol. The number of nitrogens with zero attached hydrogens (tertiary/aromatic N) is 1. The minimum atomic E-state index is -2.01. The minimum Gasteiger partial charge on any atom is -0.456 e. The van der Waals surface area contributed by atoms with Crippen molar-refractivity contribution >= 4 is 18.4 Å². The Morgan fingerprint density at radius 2 is 1.74 bits per heavy atom. The molecule has 1 unspecified atom stereocenters. The summed E-state index contributed by atoms with van der Waals surface area (Å²) in [6, 6.07) is 11.5. The van der Waals surface area contributed by atoms with Crippen molar-refractivity contribution in [2.45, 2.75) is 0 Å². The number of ketones is 1. The van der Waals surface area contributed by atoms with Crippen LogP contribution in [0.4, 0.5) is 0 Å². The van der Waals surface area contributed by atoms with E-state index in [0.29, 0.717) is 0 Å². The van der Waals surface area contributed by atoms with Gasteiger partial charge in [-0.05, 0) is 12.1 Å². The summed E-state index contributed by atoms with van der Waals surface area (Å²) in [7, 11) is -0.224. The van der Waals surface area contributed by atoms with Gasteiger partial charge in [0, 0.05) is 41.3 Å². The number of rotatable bonds is 0. The molecule has 0 amide bonds. The molecular weight excluding hydrogens is 257 g/mol. The summed E-state index contributed by atoms with van der Waals surface area (Å²) in [5.41, 5.74) is 3.55. The van der Waals surface area contributed by atoms with Crippen LogP contribution in [-0.4, -0.2) is 19.5 Å². The van der Waals surface area contributed by atoms with Crippen molar-refractivity contribution in [1.29, 1.82) is 0 Å². The molecule has 1 aliphatic carbocycles. The number of hydrogen-bond donors (Lipinski definition) is 0. The fourth-order valence-electron chi connectivity index (χ4n) is 2.93. The second-order valence-corrected chi connectivity index (χ2v) is 7.70. The van der Waals surface area contributed by atoms with Gasteiger partial charge in [0.25, 0.3) is 0 Å². The van der Waals surface area contributed by atoms with Gasteiger partial charge in [0.2, 0.25) is 0 Å². The van der Waals surface area contributed by atoms with E-state index in [1.165, 1.54) is 0 Å². The number of hydrogen-bond acceptors (Lipinski definition) is 3. The van der Waals surface area contributed by atoms with Crippen LogP contribution in [0.2, 0.25) is 0 Å². The molecule has 19 heavy (non-hydrogen) atoms. The molecule has 0 saturated carbocycles. The van der Waals surface area contributed by atoms with Crippen LogP contribution in [0.25, 0.3) is 11.1 Å². The largest absolute Gasteiger partial charge is 0.456 e. The van der Waals surface area contributed by atoms with Crippen molar-refractivity contribution in [3.63, 3.8) is 0 Å². The van der Waals surface area contributed by atoms with Crippen molar-refractivity contribution < 1.29 is 9.32 Å². The first kappa shape index (κ1) is 11.0. The Bertz CT molecular complexity index is 808. The summed E-state index contributed by atoms with van der Waals surface area (Å²) in [4.78, 5) is 12.4. The van der Waals surface area contributed by atoms with E-state index in [1.54, 1.807) is 7.05 Å². The first-order valence-electron chi connectivity index (χ1n) is 6.15. The molecule has 0 fully saturated rings. The average molecular weight is 269 g/mol. The molecule has 1 atom stereocenters. The molecule has 3 nitrogen and oxygen atoms in total. The van der Waals surface area contributed by atoms with Crippen LogP contribution in [0, 0.1) is 0 Å². The lowest BCUT2D eigenvalue weighted by atomic mass is 10.0. The van der Waals surface area contributed by atoms with E-state index in [9.17, 15) is 4.79 Å². The van der Waals surface area contributed by atoms with Gasteiger partial charge < -0.3 is 4.52 Å². The Hall–Kier alpha value is -1.86. The van der Waals surface area contributed by atoms with E-state index in [2.05, 4.69) is 4.74 Å². The van der Waals surface area contributed by atoms with Gasteiger partial charge in [-0.2, -0.15) is 0 Å². The van der Waals surface area contributed by atoms with Crippen molar-refractivity contribution in [1.82, 2.24) is 0 Å². The zero-order valence-corrected chi connectivity index (χ0v) is 11.6. The second kappa shape index (κ2) is 3.37. The fourth-order valence-corrected chi connectivity index (χ4v) is 4.87. The third-order valence-electron chi connectivity index (χ3n) is 3.91. The maximum atomic E-state index is 12.4. The molecule has 0 aromatic heterocycles. The summed E-state index contributed by atoms with van der Waals surface area (Å²) in [6.07, 6.45) is 0. The Kier molecular flexibility index (Phi) is 1.95. The number of carbonyl (C=O) groups excluding carboxylic acids is 1. The molecular formula is C15H12NO2P. The van der Waals surface area contributed by atoms with Gasteiger partial charge in [-0.15, -0.1) is 0 Å². The lowest BCUT2D eigenvalue weighted by Crippen LogP contribution is -2.17. The van der Waals surface area contributed by atoms with Crippen molar-refractivity contribution in [2.24, 2.45) is 4.74 Å². The molecule has 2 aromatic rings. The Morgan fingerprint density at radius 1 is 1.05 bits per heavy atom. The van der Waals surface area contributed by atoms with E-state index in [0.717, 1.165) is 33.3 Å². The fraction of sp³-hybridized carbons (Fsp3) is 0.133. The van der Waals surface area contributed by atoms with Crippen molar-refractivity contribution in [3.05, 3.63) is 47.5 Å². The zero-order chi connectivity index (χ0) is 13.2. The average Bonchev–Trinajstić information content (AvgIpc) is 2.73. The molecule has 94 valence electrons. The second-order valence-electron chi connectivity index (χ2n) is 4.88. The highest BCUT2D eigenvalue weighted by atomic mass is 31.2. The van der Waals surface area contributed by atoms with Gasteiger partial charge >= 0.3 is 0 Å². The molecule has 0 spiro atoms. The van der Waals surface area contributed by atoms with E-state index < -0.39 is 7.28 Å². The highest BCUT2D eigenvalue weighted by Gasteiger charge is 2.39. The van der Waals surface area contributed by atoms with Crippen LogP contribution >= 0.6 is 7.28 Å². The van der Waals surface area contributed by atoms with Crippen molar-refractivity contribution in [3.8, 4) is 16.9 Å². The summed E-state index contributed by atoms with van der Waals surface area (Å²) in [6.45, 7) is 2.04. The SMILES string of the molecule is CN=P1(C)Oc2cccc3c2-c2c(cccc21)C3=O. The van der Waals surface area contributed by atoms with Crippen LogP contribution in [-0.2, 0) is 0 Å². The normalized spacial score (nSPS) is 21.9. The highest BCUT2D eigenvalue weighted by molar-refractivity contribution is 7.69. The Labute approximate surface area is 111 Å². The first-order chi connectivity index (χ1) is 9.15. The lowest BCUT2D eigenvalue weighted by Gasteiger charge is -2.29. The number of carbonyl (C=O) groups is 1. The van der Waals surface area contributed by atoms with Gasteiger partial charge in [-0.25, -0.2) is 0 Å². The maximum Gasteiger partial charge on any atom is 0.194 e. The van der Waals surface area contributed by atoms with Crippen LogP contribution in [0.1, 0.15) is 15.9 Å². The molecule has 0 N–H and O–H groups in total. The molecule has 2 aromatic carbocycles. The topological polar surface area (TPSA) is 38.7 Å². The van der Waals surface area contributed by atoms with E-state index >= 15 is 0 Å². The minimum absolute atomic E-state index is 0.0989. The summed E-state index contributed by atoms with van der Waals surface area (Å²) in [5.74, 6) is 0.895. The third-order valence-corrected chi connectivity index (χ3v) is 6.49. The lowest BCUT2D eigenvalue weighted by molar-refractivity contribution is 0.104. The van der Waals surface area contributed by atoms with E-state index in [1.807, 2.05) is 43.1 Å². The summed E-state index contributed by atoms with van der Waals surface area (Å²) < 4.78 is 10.6. The summed E-state index contributed by atoms with van der Waals surface area (Å²) >= 11 is 0. The summed E-state index contributed by atoms with van der Waals surface area (Å²) in [5, 5.41) is 1.08. The van der Waals surface area contributed by atoms with Crippen molar-refractivity contribution in [2.75, 3.05) is 13.7 Å². The van der Waals surface area contributed by atoms with Gasteiger partial charge in [0.05, 0.1) is 0 Å². The predicted octanol–water partition coefficient (Wildman–Crippen LogP) is 3.29. The Balaban J connectivity index is 2.25. The maximum absolute atomic E-state index is 12.4. The standard InChI is InChI=1S/C15H12NO2P/c1-16-19(2)12-8-4-6-10-14(12)13-9(15(10)17)5-3-7-11(13)18-19/h3-8H,1-2H3. The first-order valence-corrected chi connectivity index (χ1v) is 8.25. The van der Waals surface area contributed by atoms with E-state index in [-0.39, 0.29) is 5.78 Å². The third kappa shape index (κ3) is 1.19. The predicted molar refractivity (Wildman–Crippen MR) is 76.8 cm³/mol. The highest BCUT2D eigenvalue weighted by Crippen LogP contribution is 2.57. The Morgan fingerprint density at radius 3 is 2.47 bits per heavy atom. The molecule has 2 aliphatic rings. The van der Waals surface area contributed by atoms with Gasteiger partial charge in [0.1, 0.15) is 5.75 Å².